The number of aliphatic hydroxyl groups excluding tert-OH is 2. The molecule has 25 nitrogen and oxygen atoms in total. The quantitative estimate of drug-likeness (QED) is 0.0301. The number of ether oxygens (including phenoxy) is 11. The van der Waals surface area contributed by atoms with E-state index in [2.05, 4.69) is 153 Å². The van der Waals surface area contributed by atoms with Crippen LogP contribution in [0.3, 0.4) is 0 Å². The second kappa shape index (κ2) is 82.6. The summed E-state index contributed by atoms with van der Waals surface area (Å²) >= 11 is 0. The van der Waals surface area contributed by atoms with Crippen LogP contribution < -0.4 is 47.9 Å². The number of benzene rings is 3. The molecule has 1 amide bonds. The third kappa shape index (κ3) is 63.1. The highest BCUT2D eigenvalue weighted by Crippen LogP contribution is 2.44. The van der Waals surface area contributed by atoms with Crippen molar-refractivity contribution in [1.82, 2.24) is 52.8 Å². The van der Waals surface area contributed by atoms with Gasteiger partial charge in [-0.05, 0) is 348 Å². The Kier molecular flexibility index (Phi) is 77.7. The molecule has 11 aliphatic carbocycles. The summed E-state index contributed by atoms with van der Waals surface area (Å²) in [5.74, 6) is 4.89. The molecule has 13 fully saturated rings. The number of amides is 1. The molecule has 3 aromatic rings. The van der Waals surface area contributed by atoms with Crippen LogP contribution in [0.15, 0.2) is 84.9 Å². The minimum Gasteiger partial charge on any atom is -0.450 e. The number of likely N-dealkylation sites (N-methyl/N-ethyl adjacent to an activating group) is 1. The molecule has 3 aliphatic heterocycles. The lowest BCUT2D eigenvalue weighted by Gasteiger charge is -2.36. The highest BCUT2D eigenvalue weighted by molar-refractivity contribution is 5.67. The first-order valence-electron chi connectivity index (χ1n) is 52.4. The van der Waals surface area contributed by atoms with Gasteiger partial charge in [-0.15, -0.1) is 0 Å². The van der Waals surface area contributed by atoms with Gasteiger partial charge in [0.25, 0.3) is 0 Å². The van der Waals surface area contributed by atoms with E-state index in [1.807, 2.05) is 55.3 Å². The molecule has 0 spiro atoms. The standard InChI is InChI=1S/C12H17N.C12H16O2.C10H13N.C9H18N2O2.C8H15N.C7H15NO.C6H13N.C6H12O2.C6H14O2.2C5H11N.C5H12O2.2C5H10O.C4H9N.C4H10O2/c1-13-12-8-7-11(9-12)10-5-3-2-4-6-10;1-13-12(7-9-14-10-8-12)11-5-3-2-4-6-11;1-11-10-6-8-4-2-3-5-9(8)7-10;1-3-13-9(12)11-6-4-8(10-2)5-7-11;1-9-8-5-6-2-3-7(8)4-6;1-8-6-2-4-7(9)5-3-6;1-7-6-4-2-3-5-6;1-7-6-2-4-8-5-3-6;1-6(2,7)4-5-8-3;1-6-4-5-2-3-5;1-6-5-3-2-4-5;1-6-4-3-5-7-2;1-6-4-5-2-3-5;1-6-5-3-2-4-5;1-5-4-2-3-4;1-6-4-2-3-5/h2-6,11-13H,7-9H2,1H3;2-6H,7-10H2,1H3;2-5,10-11H,6-7H2,1H3;8,10H,3-7H2,1-2H3;2*6-9H,2-5H2,1H3;6-7H,2-5H2,1H3;6H,2-5H2,1H3;7H,4-5H2,1-3H3;2*5-6H,2-4H2,1H3;3-5H2,1-2H3;2*5H,2-4H2,1H3;4-5H,2-3H2,1H3;5H,2-4H2,1H3. The molecule has 25 heteroatoms. The normalized spacial score (nSPS) is 22.9. The van der Waals surface area contributed by atoms with E-state index in [1.165, 1.54) is 189 Å². The zero-order chi connectivity index (χ0) is 98.5. The molecule has 134 heavy (non-hydrogen) atoms. The Balaban J connectivity index is 0.000000488. The number of likely N-dealkylation sites (tertiary alicyclic amines) is 1. The highest BCUT2D eigenvalue weighted by Gasteiger charge is 2.39. The number of rotatable bonds is 28. The fourth-order valence-corrected chi connectivity index (χ4v) is 17.5. The first kappa shape index (κ1) is 126. The molecular formula is C109H206N10O15. The van der Waals surface area contributed by atoms with Crippen molar-refractivity contribution in [2.45, 2.75) is 349 Å². The van der Waals surface area contributed by atoms with Gasteiger partial charge in [0, 0.05) is 197 Å². The van der Waals surface area contributed by atoms with Gasteiger partial charge < -0.3 is 120 Å². The Hall–Kier alpha value is -3.95. The fourth-order valence-electron chi connectivity index (χ4n) is 17.5. The van der Waals surface area contributed by atoms with Gasteiger partial charge in [-0.25, -0.2) is 4.79 Å². The number of piperidine rings is 1. The first-order chi connectivity index (χ1) is 65.1. The molecule has 17 rings (SSSR count). The summed E-state index contributed by atoms with van der Waals surface area (Å²) in [5.41, 5.74) is 5.14. The van der Waals surface area contributed by atoms with E-state index in [1.54, 1.807) is 75.6 Å². The number of nitrogens with one attached hydrogen (secondary N) is 9. The van der Waals surface area contributed by atoms with Crippen LogP contribution in [-0.2, 0) is 70.5 Å². The van der Waals surface area contributed by atoms with Crippen LogP contribution in [0.1, 0.15) is 280 Å². The maximum Gasteiger partial charge on any atom is 0.409 e. The smallest absolute Gasteiger partial charge is 0.409 e. The number of aliphatic hydroxyl groups is 3. The van der Waals surface area contributed by atoms with Gasteiger partial charge in [-0.2, -0.15) is 0 Å². The van der Waals surface area contributed by atoms with E-state index < -0.39 is 5.60 Å². The van der Waals surface area contributed by atoms with Crippen molar-refractivity contribution < 1.29 is 72.2 Å². The maximum atomic E-state index is 11.3. The van der Waals surface area contributed by atoms with E-state index in [0.29, 0.717) is 56.6 Å². The second-order valence-corrected chi connectivity index (χ2v) is 38.8. The first-order valence-corrected chi connectivity index (χ1v) is 52.4. The van der Waals surface area contributed by atoms with Crippen molar-refractivity contribution in [3.63, 3.8) is 0 Å². The fraction of sp³-hybridized carbons (Fsp3) is 0.826. The maximum absolute atomic E-state index is 11.3. The number of hydrogen-bond acceptors (Lipinski definition) is 24. The molecule has 0 radical (unpaired) electrons. The molecule has 10 saturated carbocycles. The molecule has 2 bridgehead atoms. The summed E-state index contributed by atoms with van der Waals surface area (Å²) in [6.45, 7) is 16.1. The van der Waals surface area contributed by atoms with Gasteiger partial charge >= 0.3 is 6.09 Å². The average Bonchev–Trinajstić information content (AvgIpc) is 0.978. The van der Waals surface area contributed by atoms with Crippen LogP contribution in [0.4, 0.5) is 4.79 Å². The summed E-state index contributed by atoms with van der Waals surface area (Å²) < 4.78 is 55.0. The average molecular weight is 1900 g/mol. The topological polar surface area (TPSA) is 291 Å². The van der Waals surface area contributed by atoms with Crippen LogP contribution in [0, 0.1) is 23.7 Å². The van der Waals surface area contributed by atoms with Gasteiger partial charge in [0.1, 0.15) is 0 Å². The number of fused-ring (bicyclic) bond motifs is 3. The molecule has 0 aromatic heterocycles. The monoisotopic (exact) mass is 1900 g/mol. The van der Waals surface area contributed by atoms with E-state index in [-0.39, 0.29) is 24.4 Å². The zero-order valence-corrected chi connectivity index (χ0v) is 88.8. The van der Waals surface area contributed by atoms with Gasteiger partial charge in [0.2, 0.25) is 0 Å². The third-order valence-corrected chi connectivity index (χ3v) is 27.8. The number of nitrogens with zero attached hydrogens (tertiary/aromatic N) is 1. The number of carbonyl (C=O) groups is 1. The van der Waals surface area contributed by atoms with Gasteiger partial charge in [0.05, 0.1) is 36.1 Å². The van der Waals surface area contributed by atoms with Crippen LogP contribution in [0.2, 0.25) is 0 Å². The molecule has 3 aromatic carbocycles. The molecule has 14 aliphatic rings. The van der Waals surface area contributed by atoms with Crippen molar-refractivity contribution >= 4 is 6.09 Å². The van der Waals surface area contributed by atoms with Crippen molar-refractivity contribution in [3.8, 4) is 0 Å². The van der Waals surface area contributed by atoms with Gasteiger partial charge in [-0.3, -0.25) is 0 Å². The number of hydrogen-bond donors (Lipinski definition) is 12. The summed E-state index contributed by atoms with van der Waals surface area (Å²) in [5, 5.41) is 55.5. The minimum atomic E-state index is -0.573. The van der Waals surface area contributed by atoms with E-state index in [0.717, 1.165) is 196 Å². The molecule has 782 valence electrons. The van der Waals surface area contributed by atoms with Gasteiger partial charge in [-0.1, -0.05) is 111 Å². The lowest BCUT2D eigenvalue weighted by atomic mass is 9.86. The third-order valence-electron chi connectivity index (χ3n) is 27.8. The van der Waals surface area contributed by atoms with E-state index >= 15 is 0 Å². The zero-order valence-electron chi connectivity index (χ0n) is 88.8. The molecule has 12 N–H and O–H groups in total. The summed E-state index contributed by atoms with van der Waals surface area (Å²) in [6, 6.07) is 36.1. The molecular weight excluding hydrogens is 1690 g/mol. The van der Waals surface area contributed by atoms with E-state index in [4.69, 9.17) is 62.7 Å². The Bertz CT molecular complexity index is 2970. The Labute approximate surface area is 818 Å². The highest BCUT2D eigenvalue weighted by atomic mass is 16.6. The van der Waals surface area contributed by atoms with Crippen LogP contribution in [0.5, 0.6) is 0 Å². The Morgan fingerprint density at radius 1 is 0.455 bits per heavy atom. The van der Waals surface area contributed by atoms with Crippen molar-refractivity contribution in [1.29, 1.82) is 0 Å². The van der Waals surface area contributed by atoms with Crippen LogP contribution in [0.25, 0.3) is 0 Å². The predicted molar refractivity (Wildman–Crippen MR) is 556 cm³/mol. The predicted octanol–water partition coefficient (Wildman–Crippen LogP) is 16.4. The summed E-state index contributed by atoms with van der Waals surface area (Å²) in [6.07, 6.45) is 48.4. The van der Waals surface area contributed by atoms with Crippen molar-refractivity contribution in [2.75, 3.05) is 213 Å². The van der Waals surface area contributed by atoms with Crippen molar-refractivity contribution in [3.05, 3.63) is 107 Å². The van der Waals surface area contributed by atoms with Crippen LogP contribution in [-0.4, -0.2) is 311 Å². The molecule has 3 heterocycles. The molecule has 3 saturated heterocycles. The SMILES string of the molecule is CCOC(=O)N1CCC(NC)CC1.CNC1CC1.CNC1CC2CCC1C2.CNC1CCC(O)CC1.CNC1CCC(c2ccccc2)C1.CNC1CCC1.CNC1CCCC1.CNC1Cc2ccccc2C1.CNCC1CC1.COC1(c2ccccc2)CCOCC1.COC1CCC1.COC1CCOCC1.COCC1CC1.COCCC(C)(C)O.COCCCO.COCCCOC. The van der Waals surface area contributed by atoms with Gasteiger partial charge in [0.15, 0.2) is 0 Å². The largest absolute Gasteiger partial charge is 0.450 e. The minimum absolute atomic E-state index is 0.0189. The van der Waals surface area contributed by atoms with Crippen molar-refractivity contribution in [2.24, 2.45) is 23.7 Å². The second-order valence-electron chi connectivity index (χ2n) is 38.8. The lowest BCUT2D eigenvalue weighted by molar-refractivity contribution is -0.0947. The number of methoxy groups -OCH3 is 8. The lowest BCUT2D eigenvalue weighted by Crippen LogP contribution is -2.44. The molecule has 5 unspecified atom stereocenters. The Morgan fingerprint density at radius 3 is 1.24 bits per heavy atom. The van der Waals surface area contributed by atoms with Crippen LogP contribution >= 0.6 is 0 Å². The number of carbonyl (C=O) groups excluding carboxylic acids is 1. The summed E-state index contributed by atoms with van der Waals surface area (Å²) in [4.78, 5) is 13.1. The molecule has 5 atom stereocenters. The Morgan fingerprint density at radius 2 is 0.910 bits per heavy atom. The van der Waals surface area contributed by atoms with E-state index in [9.17, 15) is 4.79 Å². The summed E-state index contributed by atoms with van der Waals surface area (Å²) in [7, 11) is 32.0.